The first kappa shape index (κ1) is 13.9. The van der Waals surface area contributed by atoms with Crippen molar-refractivity contribution >= 4 is 17.5 Å². The summed E-state index contributed by atoms with van der Waals surface area (Å²) in [4.78, 5) is 15.5. The van der Waals surface area contributed by atoms with Crippen LogP contribution >= 0.6 is 0 Å². The first-order valence-electron chi connectivity index (χ1n) is 6.29. The van der Waals surface area contributed by atoms with E-state index in [2.05, 4.69) is 20.4 Å². The highest BCUT2D eigenvalue weighted by Gasteiger charge is 2.10. The minimum absolute atomic E-state index is 0.0587. The molecule has 1 aromatic carbocycles. The number of amides is 1. The zero-order chi connectivity index (χ0) is 14.5. The predicted octanol–water partition coefficient (Wildman–Crippen LogP) is 2.77. The molecule has 20 heavy (non-hydrogen) atoms. The summed E-state index contributed by atoms with van der Waals surface area (Å²) in [6.45, 7) is 2.03. The topological polar surface area (TPSA) is 68.2 Å². The Morgan fingerprint density at radius 3 is 2.80 bits per heavy atom. The van der Waals surface area contributed by atoms with Crippen molar-refractivity contribution < 1.29 is 9.53 Å². The largest absolute Gasteiger partial charge is 0.453 e. The fourth-order valence-electron chi connectivity index (χ4n) is 1.96. The Morgan fingerprint density at radius 1 is 1.40 bits per heavy atom. The van der Waals surface area contributed by atoms with Gasteiger partial charge in [-0.25, -0.2) is 9.78 Å². The van der Waals surface area contributed by atoms with Crippen LogP contribution in [0.25, 0.3) is 0 Å². The second-order valence-electron chi connectivity index (χ2n) is 4.46. The van der Waals surface area contributed by atoms with Gasteiger partial charge >= 0.3 is 6.09 Å². The second-order valence-corrected chi connectivity index (χ2v) is 4.46. The van der Waals surface area contributed by atoms with Gasteiger partial charge in [0, 0.05) is 30.8 Å². The van der Waals surface area contributed by atoms with Gasteiger partial charge in [-0.15, -0.1) is 0 Å². The fourth-order valence-corrected chi connectivity index (χ4v) is 1.96. The second kappa shape index (κ2) is 6.10. The molecule has 0 radical (unpaired) electrons. The van der Waals surface area contributed by atoms with Crippen molar-refractivity contribution in [2.24, 2.45) is 7.05 Å². The predicted molar refractivity (Wildman–Crippen MR) is 77.7 cm³/mol. The molecule has 2 rings (SSSR count). The molecule has 1 atom stereocenters. The standard InChI is InChI=1S/C14H18N4O2/c1-10(13-15-7-8-18(13)2)16-11-5-4-6-12(9-11)17-14(19)20-3/h4-10,16H,1-3H3,(H,17,19). The molecule has 0 saturated carbocycles. The minimum Gasteiger partial charge on any atom is -0.453 e. The molecule has 0 saturated heterocycles. The maximum atomic E-state index is 11.2. The number of benzene rings is 1. The van der Waals surface area contributed by atoms with Gasteiger partial charge < -0.3 is 14.6 Å². The van der Waals surface area contributed by atoms with Crippen LogP contribution in [0.3, 0.4) is 0 Å². The lowest BCUT2D eigenvalue weighted by Crippen LogP contribution is -2.13. The summed E-state index contributed by atoms with van der Waals surface area (Å²) < 4.78 is 6.53. The molecule has 1 amide bonds. The highest BCUT2D eigenvalue weighted by Crippen LogP contribution is 2.20. The van der Waals surface area contributed by atoms with E-state index in [9.17, 15) is 4.79 Å². The molecule has 106 valence electrons. The van der Waals surface area contributed by atoms with Gasteiger partial charge in [-0.05, 0) is 25.1 Å². The van der Waals surface area contributed by atoms with E-state index in [0.29, 0.717) is 5.69 Å². The number of anilines is 2. The Bertz CT molecular complexity index is 594. The van der Waals surface area contributed by atoms with Crippen molar-refractivity contribution in [3.8, 4) is 0 Å². The summed E-state index contributed by atoms with van der Waals surface area (Å²) in [6.07, 6.45) is 3.19. The molecule has 1 aromatic heterocycles. The zero-order valence-electron chi connectivity index (χ0n) is 11.8. The highest BCUT2D eigenvalue weighted by atomic mass is 16.5. The molecule has 6 nitrogen and oxygen atoms in total. The third kappa shape index (κ3) is 3.28. The number of nitrogens with one attached hydrogen (secondary N) is 2. The normalized spacial score (nSPS) is 11.8. The average molecular weight is 274 g/mol. The van der Waals surface area contributed by atoms with Crippen LogP contribution in [0, 0.1) is 0 Å². The fraction of sp³-hybridized carbons (Fsp3) is 0.286. The van der Waals surface area contributed by atoms with E-state index in [-0.39, 0.29) is 6.04 Å². The molecule has 2 aromatic rings. The quantitative estimate of drug-likeness (QED) is 0.899. The molecule has 1 unspecified atom stereocenters. The Hall–Kier alpha value is -2.50. The number of methoxy groups -OCH3 is 1. The lowest BCUT2D eigenvalue weighted by molar-refractivity contribution is 0.187. The number of aryl methyl sites for hydroxylation is 1. The van der Waals surface area contributed by atoms with Gasteiger partial charge in [0.1, 0.15) is 5.82 Å². The number of carbonyl (C=O) groups excluding carboxylic acids is 1. The molecule has 0 spiro atoms. The first-order chi connectivity index (χ1) is 9.60. The number of nitrogens with zero attached hydrogens (tertiary/aromatic N) is 2. The Morgan fingerprint density at radius 2 is 2.15 bits per heavy atom. The van der Waals surface area contributed by atoms with Crippen molar-refractivity contribution in [3.05, 3.63) is 42.5 Å². The summed E-state index contributed by atoms with van der Waals surface area (Å²) >= 11 is 0. The SMILES string of the molecule is COC(=O)Nc1cccc(NC(C)c2nccn2C)c1. The molecular weight excluding hydrogens is 256 g/mol. The summed E-state index contributed by atoms with van der Waals surface area (Å²) in [5, 5.41) is 5.97. The zero-order valence-corrected chi connectivity index (χ0v) is 11.8. The molecule has 2 N–H and O–H groups in total. The van der Waals surface area contributed by atoms with E-state index in [0.717, 1.165) is 11.5 Å². The average Bonchev–Trinajstić information content (AvgIpc) is 2.85. The van der Waals surface area contributed by atoms with Gasteiger partial charge in [-0.3, -0.25) is 5.32 Å². The Kier molecular flexibility index (Phi) is 4.24. The molecule has 0 bridgehead atoms. The van der Waals surface area contributed by atoms with Gasteiger partial charge in [-0.2, -0.15) is 0 Å². The lowest BCUT2D eigenvalue weighted by atomic mass is 10.2. The maximum absolute atomic E-state index is 11.2. The van der Waals surface area contributed by atoms with Crippen LogP contribution in [0.4, 0.5) is 16.2 Å². The Labute approximate surface area is 117 Å². The van der Waals surface area contributed by atoms with E-state index >= 15 is 0 Å². The van der Waals surface area contributed by atoms with Crippen LogP contribution in [0.1, 0.15) is 18.8 Å². The van der Waals surface area contributed by atoms with Crippen LogP contribution in [0.5, 0.6) is 0 Å². The molecule has 0 aliphatic heterocycles. The minimum atomic E-state index is -0.487. The van der Waals surface area contributed by atoms with Gasteiger partial charge in [0.25, 0.3) is 0 Å². The lowest BCUT2D eigenvalue weighted by Gasteiger charge is -2.16. The highest BCUT2D eigenvalue weighted by molar-refractivity contribution is 5.85. The summed E-state index contributed by atoms with van der Waals surface area (Å²) in [7, 11) is 3.29. The number of ether oxygens (including phenoxy) is 1. The summed E-state index contributed by atoms with van der Waals surface area (Å²) in [5.74, 6) is 0.941. The van der Waals surface area contributed by atoms with Crippen molar-refractivity contribution in [1.29, 1.82) is 0 Å². The smallest absolute Gasteiger partial charge is 0.411 e. The van der Waals surface area contributed by atoms with Crippen LogP contribution in [0.2, 0.25) is 0 Å². The first-order valence-corrected chi connectivity index (χ1v) is 6.29. The number of imidazole rings is 1. The van der Waals surface area contributed by atoms with Crippen LogP contribution < -0.4 is 10.6 Å². The number of carbonyl (C=O) groups is 1. The van der Waals surface area contributed by atoms with E-state index < -0.39 is 6.09 Å². The van der Waals surface area contributed by atoms with E-state index in [4.69, 9.17) is 0 Å². The number of hydrogen-bond acceptors (Lipinski definition) is 4. The van der Waals surface area contributed by atoms with Crippen molar-refractivity contribution in [3.63, 3.8) is 0 Å². The molecular formula is C14H18N4O2. The molecule has 0 aliphatic carbocycles. The number of hydrogen-bond donors (Lipinski definition) is 2. The van der Waals surface area contributed by atoms with Gasteiger partial charge in [-0.1, -0.05) is 6.07 Å². The van der Waals surface area contributed by atoms with E-state index in [1.54, 1.807) is 12.3 Å². The number of rotatable bonds is 4. The number of aromatic nitrogens is 2. The van der Waals surface area contributed by atoms with Gasteiger partial charge in [0.2, 0.25) is 0 Å². The monoisotopic (exact) mass is 274 g/mol. The Balaban J connectivity index is 2.08. The third-order valence-corrected chi connectivity index (χ3v) is 2.92. The third-order valence-electron chi connectivity index (χ3n) is 2.92. The summed E-state index contributed by atoms with van der Waals surface area (Å²) in [5.41, 5.74) is 1.57. The summed E-state index contributed by atoms with van der Waals surface area (Å²) in [6, 6.07) is 7.49. The maximum Gasteiger partial charge on any atom is 0.411 e. The van der Waals surface area contributed by atoms with Gasteiger partial charge in [0.05, 0.1) is 13.2 Å². The van der Waals surface area contributed by atoms with Crippen molar-refractivity contribution in [2.45, 2.75) is 13.0 Å². The molecule has 1 heterocycles. The molecule has 0 aliphatic rings. The molecule has 0 fully saturated rings. The van der Waals surface area contributed by atoms with Gasteiger partial charge in [0.15, 0.2) is 0 Å². The van der Waals surface area contributed by atoms with Crippen LogP contribution in [-0.2, 0) is 11.8 Å². The van der Waals surface area contributed by atoms with E-state index in [1.807, 2.05) is 42.9 Å². The molecule has 6 heteroatoms. The van der Waals surface area contributed by atoms with Crippen molar-refractivity contribution in [2.75, 3.05) is 17.7 Å². The van der Waals surface area contributed by atoms with Crippen LogP contribution in [-0.4, -0.2) is 22.8 Å². The van der Waals surface area contributed by atoms with Crippen molar-refractivity contribution in [1.82, 2.24) is 9.55 Å². The van der Waals surface area contributed by atoms with E-state index in [1.165, 1.54) is 7.11 Å². The van der Waals surface area contributed by atoms with Crippen LogP contribution in [0.15, 0.2) is 36.7 Å².